The highest BCUT2D eigenvalue weighted by Gasteiger charge is 2.32. The molecule has 0 fully saturated rings. The second-order valence-electron chi connectivity index (χ2n) is 3.02. The van der Waals surface area contributed by atoms with Gasteiger partial charge in [-0.3, -0.25) is 0 Å². The summed E-state index contributed by atoms with van der Waals surface area (Å²) < 4.78 is 36.8. The van der Waals surface area contributed by atoms with Crippen LogP contribution in [0.3, 0.4) is 0 Å². The monoisotopic (exact) mass is 184 g/mol. The summed E-state index contributed by atoms with van der Waals surface area (Å²) in [5.74, 6) is 0. The summed E-state index contributed by atoms with van der Waals surface area (Å²) in [7, 11) is 5.26. The first-order chi connectivity index (χ1) is 5.82. The lowest BCUT2D eigenvalue weighted by Gasteiger charge is -2.12. The van der Waals surface area contributed by atoms with Gasteiger partial charge in [-0.2, -0.15) is 13.2 Å². The largest absolute Gasteiger partial charge is 0.415 e. The highest BCUT2D eigenvalue weighted by molar-refractivity contribution is 6.33. The zero-order valence-corrected chi connectivity index (χ0v) is 7.37. The van der Waals surface area contributed by atoms with Gasteiger partial charge in [-0.05, 0) is 31.0 Å². The quantitative estimate of drug-likeness (QED) is 0.541. The first kappa shape index (κ1) is 10.2. The summed E-state index contributed by atoms with van der Waals surface area (Å²) in [6.45, 7) is 3.36. The van der Waals surface area contributed by atoms with E-state index < -0.39 is 11.7 Å². The molecule has 0 bridgehead atoms. The van der Waals surface area contributed by atoms with Crippen LogP contribution in [0.2, 0.25) is 0 Å². The van der Waals surface area contributed by atoms with E-state index in [2.05, 4.69) is 0 Å². The maximum Gasteiger partial charge on any atom is 0.415 e. The highest BCUT2D eigenvalue weighted by atomic mass is 19.4. The zero-order valence-electron chi connectivity index (χ0n) is 7.37. The molecule has 1 aromatic rings. The van der Waals surface area contributed by atoms with Gasteiger partial charge in [0.2, 0.25) is 0 Å². The molecule has 0 heterocycles. The molecule has 0 aliphatic carbocycles. The van der Waals surface area contributed by atoms with E-state index in [0.29, 0.717) is 5.56 Å². The van der Waals surface area contributed by atoms with E-state index in [1.807, 2.05) is 0 Å². The molecule has 0 saturated heterocycles. The second kappa shape index (κ2) is 3.09. The van der Waals surface area contributed by atoms with Gasteiger partial charge in [0.15, 0.2) is 0 Å². The predicted molar refractivity (Wildman–Crippen MR) is 46.3 cm³/mol. The number of benzene rings is 1. The van der Waals surface area contributed by atoms with Gasteiger partial charge in [-0.25, -0.2) is 0 Å². The van der Waals surface area contributed by atoms with Crippen molar-refractivity contribution in [3.63, 3.8) is 0 Å². The molecule has 0 N–H and O–H groups in total. The van der Waals surface area contributed by atoms with E-state index in [0.717, 1.165) is 11.6 Å². The summed E-state index contributed by atoms with van der Waals surface area (Å²) in [4.78, 5) is 0. The second-order valence-corrected chi connectivity index (χ2v) is 3.02. The lowest BCUT2D eigenvalue weighted by Crippen LogP contribution is -2.20. The molecule has 1 rings (SSSR count). The Kier molecular flexibility index (Phi) is 2.41. The fourth-order valence-corrected chi connectivity index (χ4v) is 1.08. The Morgan fingerprint density at radius 3 is 2.00 bits per heavy atom. The molecule has 0 saturated carbocycles. The maximum atomic E-state index is 12.3. The van der Waals surface area contributed by atoms with Crippen LogP contribution in [0, 0.1) is 13.8 Å². The summed E-state index contributed by atoms with van der Waals surface area (Å²) in [6.07, 6.45) is -4.36. The van der Waals surface area contributed by atoms with Gasteiger partial charge in [0.05, 0.1) is 0 Å². The fraction of sp³-hybridized carbons (Fsp3) is 0.333. The van der Waals surface area contributed by atoms with Crippen molar-refractivity contribution in [3.05, 3.63) is 28.8 Å². The molecule has 0 aromatic heterocycles. The first-order valence-corrected chi connectivity index (χ1v) is 3.76. The third kappa shape index (κ3) is 2.05. The number of halogens is 3. The molecule has 0 nitrogen and oxygen atoms in total. The molecule has 0 unspecified atom stereocenters. The lowest BCUT2D eigenvalue weighted by atomic mass is 9.87. The lowest BCUT2D eigenvalue weighted by molar-refractivity contribution is -0.136. The van der Waals surface area contributed by atoms with E-state index in [-0.39, 0.29) is 5.46 Å². The van der Waals surface area contributed by atoms with Crippen molar-refractivity contribution in [2.24, 2.45) is 0 Å². The first-order valence-electron chi connectivity index (χ1n) is 3.76. The van der Waals surface area contributed by atoms with Crippen molar-refractivity contribution >= 4 is 13.3 Å². The van der Waals surface area contributed by atoms with Crippen LogP contribution in [0.4, 0.5) is 13.2 Å². The van der Waals surface area contributed by atoms with Crippen LogP contribution >= 0.6 is 0 Å². The fourth-order valence-electron chi connectivity index (χ4n) is 1.08. The Balaban J connectivity index is 3.32. The topological polar surface area (TPSA) is 0 Å². The van der Waals surface area contributed by atoms with Gasteiger partial charge in [0, 0.05) is 5.56 Å². The van der Waals surface area contributed by atoms with Crippen molar-refractivity contribution in [2.75, 3.05) is 0 Å². The Labute approximate surface area is 76.2 Å². The Morgan fingerprint density at radius 1 is 1.08 bits per heavy atom. The van der Waals surface area contributed by atoms with Crippen molar-refractivity contribution in [1.82, 2.24) is 0 Å². The van der Waals surface area contributed by atoms with Crippen LogP contribution in [0.5, 0.6) is 0 Å². The van der Waals surface area contributed by atoms with E-state index in [1.54, 1.807) is 13.8 Å². The maximum absolute atomic E-state index is 12.3. The van der Waals surface area contributed by atoms with Gasteiger partial charge < -0.3 is 0 Å². The third-order valence-electron chi connectivity index (χ3n) is 1.97. The standard InChI is InChI=1S/C9H8BF3/c1-5-3-7(9(11,12)13)8(10)4-6(5)2/h3-4H,1-2H3. The number of hydrogen-bond acceptors (Lipinski definition) is 0. The molecular weight excluding hydrogens is 176 g/mol. The van der Waals surface area contributed by atoms with Crippen LogP contribution in [0.25, 0.3) is 0 Å². The summed E-state index contributed by atoms with van der Waals surface area (Å²) in [5.41, 5.74) is 0.401. The molecule has 68 valence electrons. The molecule has 0 spiro atoms. The van der Waals surface area contributed by atoms with Crippen molar-refractivity contribution in [2.45, 2.75) is 20.0 Å². The summed E-state index contributed by atoms with van der Waals surface area (Å²) in [6, 6.07) is 2.42. The van der Waals surface area contributed by atoms with Crippen LogP contribution in [-0.2, 0) is 6.18 Å². The molecule has 0 amide bonds. The molecule has 0 aliphatic rings. The van der Waals surface area contributed by atoms with Crippen molar-refractivity contribution in [3.8, 4) is 0 Å². The van der Waals surface area contributed by atoms with Gasteiger partial charge in [-0.1, -0.05) is 11.5 Å². The smallest absolute Gasteiger partial charge is 0.166 e. The molecule has 2 radical (unpaired) electrons. The molecule has 1 aromatic carbocycles. The van der Waals surface area contributed by atoms with E-state index in [9.17, 15) is 13.2 Å². The van der Waals surface area contributed by atoms with E-state index in [1.165, 1.54) is 6.07 Å². The minimum atomic E-state index is -4.36. The summed E-state index contributed by atoms with van der Waals surface area (Å²) in [5, 5.41) is 0. The van der Waals surface area contributed by atoms with Crippen LogP contribution in [-0.4, -0.2) is 7.85 Å². The molecule has 0 atom stereocenters. The number of hydrogen-bond donors (Lipinski definition) is 0. The number of alkyl halides is 3. The minimum Gasteiger partial charge on any atom is -0.166 e. The van der Waals surface area contributed by atoms with Gasteiger partial charge in [0.1, 0.15) is 7.85 Å². The zero-order chi connectivity index (χ0) is 10.2. The third-order valence-corrected chi connectivity index (χ3v) is 1.97. The molecule has 4 heteroatoms. The average Bonchev–Trinajstić information content (AvgIpc) is 1.94. The SMILES string of the molecule is [B]c1cc(C)c(C)cc1C(F)(F)F. The van der Waals surface area contributed by atoms with Crippen LogP contribution in [0.15, 0.2) is 12.1 Å². The van der Waals surface area contributed by atoms with Gasteiger partial charge in [0.25, 0.3) is 0 Å². The van der Waals surface area contributed by atoms with Crippen LogP contribution < -0.4 is 5.46 Å². The van der Waals surface area contributed by atoms with Crippen LogP contribution in [0.1, 0.15) is 16.7 Å². The van der Waals surface area contributed by atoms with E-state index >= 15 is 0 Å². The van der Waals surface area contributed by atoms with Gasteiger partial charge in [-0.15, -0.1) is 0 Å². The van der Waals surface area contributed by atoms with E-state index in [4.69, 9.17) is 7.85 Å². The Hall–Kier alpha value is -0.925. The number of aryl methyl sites for hydroxylation is 2. The summed E-state index contributed by atoms with van der Waals surface area (Å²) >= 11 is 0. The highest BCUT2D eigenvalue weighted by Crippen LogP contribution is 2.28. The normalized spacial score (nSPS) is 11.8. The minimum absolute atomic E-state index is 0.212. The van der Waals surface area contributed by atoms with Crippen molar-refractivity contribution < 1.29 is 13.2 Å². The molecule has 0 aliphatic heterocycles. The number of rotatable bonds is 0. The van der Waals surface area contributed by atoms with Crippen molar-refractivity contribution in [1.29, 1.82) is 0 Å². The Bertz CT molecular complexity index is 328. The van der Waals surface area contributed by atoms with Gasteiger partial charge >= 0.3 is 6.18 Å². The molecule has 13 heavy (non-hydrogen) atoms. The Morgan fingerprint density at radius 2 is 1.54 bits per heavy atom. The molecular formula is C9H8BF3. The predicted octanol–water partition coefficient (Wildman–Crippen LogP) is 2.12. The average molecular weight is 184 g/mol.